The van der Waals surface area contributed by atoms with E-state index in [0.717, 1.165) is 0 Å². The topological polar surface area (TPSA) is 133 Å². The average Bonchev–Trinajstić information content (AvgIpc) is 2.62. The number of carbonyl (C=O) groups excluding carboxylic acids is 2. The van der Waals surface area contributed by atoms with Crippen LogP contribution >= 0.6 is 0 Å². The molecule has 1 aromatic rings. The molecule has 0 unspecified atom stereocenters. The summed E-state index contributed by atoms with van der Waals surface area (Å²) in [5.41, 5.74) is 5.50. The van der Waals surface area contributed by atoms with Gasteiger partial charge < -0.3 is 15.2 Å². The van der Waals surface area contributed by atoms with Crippen molar-refractivity contribution in [1.82, 2.24) is 0 Å². The van der Waals surface area contributed by atoms with Crippen molar-refractivity contribution in [3.63, 3.8) is 0 Å². The molecule has 3 N–H and O–H groups in total. The van der Waals surface area contributed by atoms with Crippen LogP contribution in [-0.2, 0) is 29.2 Å². The van der Waals surface area contributed by atoms with Crippen LogP contribution in [0.15, 0.2) is 60.5 Å². The van der Waals surface area contributed by atoms with Crippen molar-refractivity contribution in [2.45, 2.75) is 23.8 Å². The normalized spacial score (nSPS) is 11.3. The third-order valence-electron chi connectivity index (χ3n) is 2.71. The van der Waals surface area contributed by atoms with E-state index in [4.69, 9.17) is 19.8 Å². The summed E-state index contributed by atoms with van der Waals surface area (Å²) in [6.45, 7) is 7.08. The molecule has 0 bridgehead atoms. The fourth-order valence-corrected chi connectivity index (χ4v) is 1.96. The summed E-state index contributed by atoms with van der Waals surface area (Å²) in [4.78, 5) is 22.1. The minimum Gasteiger partial charge on any atom is -0.461 e. The first-order valence-corrected chi connectivity index (χ1v) is 8.98. The van der Waals surface area contributed by atoms with E-state index in [0.29, 0.717) is 0 Å². The zero-order valence-electron chi connectivity index (χ0n) is 14.2. The minimum atomic E-state index is -4.00. The average molecular weight is 385 g/mol. The number of ether oxygens (including phenoxy) is 2. The highest BCUT2D eigenvalue weighted by Gasteiger charge is 2.16. The molecule has 0 radical (unpaired) electrons. The van der Waals surface area contributed by atoms with E-state index < -0.39 is 28.1 Å². The second kappa shape index (κ2) is 12.8. The third-order valence-corrected chi connectivity index (χ3v) is 3.58. The lowest BCUT2D eigenvalue weighted by Crippen LogP contribution is -2.33. The van der Waals surface area contributed by atoms with E-state index in [1.807, 2.05) is 0 Å². The fourth-order valence-electron chi connectivity index (χ4n) is 1.46. The van der Waals surface area contributed by atoms with Crippen LogP contribution in [0.4, 0.5) is 0 Å². The minimum absolute atomic E-state index is 0.0741. The lowest BCUT2D eigenvalue weighted by Gasteiger charge is -2.09. The van der Waals surface area contributed by atoms with E-state index in [1.54, 1.807) is 18.2 Å². The maximum atomic E-state index is 11.2. The van der Waals surface area contributed by atoms with Gasteiger partial charge in [-0.05, 0) is 18.6 Å². The van der Waals surface area contributed by atoms with Crippen LogP contribution in [0.2, 0.25) is 0 Å². The second-order valence-electron chi connectivity index (χ2n) is 4.82. The molecular formula is C17H23NO7S. The summed E-state index contributed by atoms with van der Waals surface area (Å²) in [6.07, 6.45) is 3.20. The Morgan fingerprint density at radius 3 is 2.12 bits per heavy atom. The van der Waals surface area contributed by atoms with Crippen molar-refractivity contribution < 1.29 is 32.0 Å². The molecule has 0 heterocycles. The molecule has 0 aliphatic heterocycles. The van der Waals surface area contributed by atoms with E-state index >= 15 is 0 Å². The molecule has 9 heteroatoms. The van der Waals surface area contributed by atoms with E-state index in [-0.39, 0.29) is 31.0 Å². The van der Waals surface area contributed by atoms with Gasteiger partial charge in [0.05, 0.1) is 4.90 Å². The monoisotopic (exact) mass is 385 g/mol. The first-order chi connectivity index (χ1) is 12.2. The van der Waals surface area contributed by atoms with Gasteiger partial charge in [0.25, 0.3) is 10.1 Å². The SMILES string of the molecule is C=CCOC(=O)CC[C@H](N)C(=O)OCC=C.O=S(=O)(O)c1ccccc1. The molecular weight excluding hydrogens is 362 g/mol. The van der Waals surface area contributed by atoms with Crippen molar-refractivity contribution in [3.05, 3.63) is 55.6 Å². The van der Waals surface area contributed by atoms with Crippen LogP contribution in [0.25, 0.3) is 0 Å². The van der Waals surface area contributed by atoms with Gasteiger partial charge in [0.1, 0.15) is 19.3 Å². The molecule has 0 saturated heterocycles. The quantitative estimate of drug-likeness (QED) is 0.371. The van der Waals surface area contributed by atoms with Gasteiger partial charge in [-0.15, -0.1) is 0 Å². The van der Waals surface area contributed by atoms with E-state index in [2.05, 4.69) is 13.2 Å². The molecule has 0 aromatic heterocycles. The predicted octanol–water partition coefficient (Wildman–Crippen LogP) is 1.49. The molecule has 1 atom stereocenters. The molecule has 0 saturated carbocycles. The lowest BCUT2D eigenvalue weighted by molar-refractivity contribution is -0.145. The summed E-state index contributed by atoms with van der Waals surface area (Å²) >= 11 is 0. The third kappa shape index (κ3) is 11.1. The number of hydrogen-bond acceptors (Lipinski definition) is 7. The van der Waals surface area contributed by atoms with E-state index in [1.165, 1.54) is 24.3 Å². The summed E-state index contributed by atoms with van der Waals surface area (Å²) < 4.78 is 38.7. The maximum absolute atomic E-state index is 11.2. The van der Waals surface area contributed by atoms with Crippen molar-refractivity contribution in [2.75, 3.05) is 13.2 Å². The maximum Gasteiger partial charge on any atom is 0.323 e. The lowest BCUT2D eigenvalue weighted by atomic mass is 10.2. The van der Waals surface area contributed by atoms with Gasteiger partial charge in [-0.25, -0.2) is 0 Å². The van der Waals surface area contributed by atoms with Crippen molar-refractivity contribution in [2.24, 2.45) is 5.73 Å². The zero-order chi connectivity index (χ0) is 20.0. The number of hydrogen-bond donors (Lipinski definition) is 2. The number of benzene rings is 1. The Hall–Kier alpha value is -2.49. The van der Waals surface area contributed by atoms with Crippen molar-refractivity contribution in [3.8, 4) is 0 Å². The van der Waals surface area contributed by atoms with Gasteiger partial charge in [-0.3, -0.25) is 14.1 Å². The Kier molecular flexibility index (Phi) is 11.6. The second-order valence-corrected chi connectivity index (χ2v) is 6.25. The molecule has 26 heavy (non-hydrogen) atoms. The van der Waals surface area contributed by atoms with E-state index in [9.17, 15) is 18.0 Å². The molecule has 144 valence electrons. The summed E-state index contributed by atoms with van der Waals surface area (Å²) in [5.74, 6) is -0.955. The predicted molar refractivity (Wildman–Crippen MR) is 95.8 cm³/mol. The van der Waals surface area contributed by atoms with Gasteiger partial charge in [0.2, 0.25) is 0 Å². The molecule has 1 rings (SSSR count). The fraction of sp³-hybridized carbons (Fsp3) is 0.294. The zero-order valence-corrected chi connectivity index (χ0v) is 15.1. The first kappa shape index (κ1) is 23.5. The van der Waals surface area contributed by atoms with Crippen LogP contribution < -0.4 is 5.73 Å². The van der Waals surface area contributed by atoms with Crippen LogP contribution in [0, 0.1) is 0 Å². The Morgan fingerprint density at radius 1 is 1.12 bits per heavy atom. The van der Waals surface area contributed by atoms with Crippen molar-refractivity contribution in [1.29, 1.82) is 0 Å². The van der Waals surface area contributed by atoms with Gasteiger partial charge in [-0.1, -0.05) is 43.5 Å². The Bertz CT molecular complexity index is 686. The van der Waals surface area contributed by atoms with Crippen molar-refractivity contribution >= 4 is 22.1 Å². The summed E-state index contributed by atoms with van der Waals surface area (Å²) in [6, 6.07) is 6.61. The van der Waals surface area contributed by atoms with Crippen LogP contribution in [0.1, 0.15) is 12.8 Å². The number of nitrogens with two attached hydrogens (primary N) is 1. The van der Waals surface area contributed by atoms with Crippen LogP contribution in [0.5, 0.6) is 0 Å². The Morgan fingerprint density at radius 2 is 1.65 bits per heavy atom. The molecule has 0 amide bonds. The smallest absolute Gasteiger partial charge is 0.323 e. The Balaban J connectivity index is 0.000000531. The first-order valence-electron chi connectivity index (χ1n) is 7.54. The van der Waals surface area contributed by atoms with Gasteiger partial charge >= 0.3 is 11.9 Å². The van der Waals surface area contributed by atoms with Gasteiger partial charge in [0.15, 0.2) is 0 Å². The number of esters is 2. The number of rotatable bonds is 9. The molecule has 0 spiro atoms. The highest BCUT2D eigenvalue weighted by Crippen LogP contribution is 2.05. The van der Waals surface area contributed by atoms with Gasteiger partial charge in [-0.2, -0.15) is 8.42 Å². The molecule has 0 aliphatic carbocycles. The summed E-state index contributed by atoms with van der Waals surface area (Å²) in [5, 5.41) is 0. The largest absolute Gasteiger partial charge is 0.461 e. The Labute approximate surface area is 153 Å². The van der Waals surface area contributed by atoms with Crippen LogP contribution in [0.3, 0.4) is 0 Å². The highest BCUT2D eigenvalue weighted by atomic mass is 32.2. The van der Waals surface area contributed by atoms with Gasteiger partial charge in [0, 0.05) is 6.42 Å². The standard InChI is InChI=1S/C11H17NO4.C6H6O3S/c1-3-7-15-10(13)6-5-9(12)11(14)16-8-4-2;7-10(8,9)6-4-2-1-3-5-6/h3-4,9H,1-2,5-8,12H2;1-5H,(H,7,8,9)/t9-;/m0./s1. The van der Waals surface area contributed by atoms with Crippen LogP contribution in [-0.4, -0.2) is 44.2 Å². The highest BCUT2D eigenvalue weighted by molar-refractivity contribution is 7.85. The molecule has 0 aliphatic rings. The molecule has 0 fully saturated rings. The molecule has 1 aromatic carbocycles. The summed E-state index contributed by atoms with van der Waals surface area (Å²) in [7, 11) is -4.00. The molecule has 8 nitrogen and oxygen atoms in total. The number of carbonyl (C=O) groups is 2.